The maximum atomic E-state index is 12.9. The van der Waals surface area contributed by atoms with Crippen molar-refractivity contribution in [2.24, 2.45) is 5.92 Å². The molecule has 0 spiro atoms. The van der Waals surface area contributed by atoms with E-state index < -0.39 is 5.54 Å². The molecule has 1 aliphatic rings. The highest BCUT2D eigenvalue weighted by atomic mass is 16.5. The molecule has 0 heterocycles. The summed E-state index contributed by atoms with van der Waals surface area (Å²) in [4.78, 5) is 25.3. The zero-order valence-electron chi connectivity index (χ0n) is 15.8. The number of rotatable bonds is 5. The van der Waals surface area contributed by atoms with E-state index in [9.17, 15) is 9.59 Å². The van der Waals surface area contributed by atoms with E-state index in [4.69, 9.17) is 9.47 Å². The van der Waals surface area contributed by atoms with Crippen LogP contribution < -0.4 is 10.1 Å². The standard InChI is InChI=1S/C20H29NO4/c1-13-7-6-10-20(12-13,19(23)25-5)21-18(22)15(3)17-9-8-16(24-4)11-14(17)2/h8-9,11,13,15H,6-7,10,12H2,1-5H3,(H,21,22). The fourth-order valence-electron chi connectivity index (χ4n) is 3.84. The summed E-state index contributed by atoms with van der Waals surface area (Å²) < 4.78 is 10.2. The topological polar surface area (TPSA) is 64.6 Å². The lowest BCUT2D eigenvalue weighted by Crippen LogP contribution is -2.58. The molecule has 1 aliphatic carbocycles. The predicted octanol–water partition coefficient (Wildman–Crippen LogP) is 3.35. The van der Waals surface area contributed by atoms with E-state index in [1.807, 2.05) is 32.0 Å². The molecular formula is C20H29NO4. The van der Waals surface area contributed by atoms with Crippen LogP contribution in [0.2, 0.25) is 0 Å². The van der Waals surface area contributed by atoms with Crippen molar-refractivity contribution in [1.82, 2.24) is 5.32 Å². The van der Waals surface area contributed by atoms with E-state index >= 15 is 0 Å². The SMILES string of the molecule is COC(=O)C1(NC(=O)C(C)c2ccc(OC)cc2C)CCCC(C)C1. The van der Waals surface area contributed by atoms with Gasteiger partial charge < -0.3 is 14.8 Å². The zero-order valence-corrected chi connectivity index (χ0v) is 15.8. The fraction of sp³-hybridized carbons (Fsp3) is 0.600. The van der Waals surface area contributed by atoms with Crippen molar-refractivity contribution in [3.8, 4) is 5.75 Å². The number of benzene rings is 1. The lowest BCUT2D eigenvalue weighted by molar-refractivity contribution is -0.153. The number of hydrogen-bond donors (Lipinski definition) is 1. The van der Waals surface area contributed by atoms with Crippen LogP contribution in [0.5, 0.6) is 5.75 Å². The normalized spacial score (nSPS) is 24.3. The van der Waals surface area contributed by atoms with Gasteiger partial charge in [0.05, 0.1) is 20.1 Å². The maximum Gasteiger partial charge on any atom is 0.331 e. The van der Waals surface area contributed by atoms with Crippen LogP contribution in [-0.4, -0.2) is 31.6 Å². The predicted molar refractivity (Wildman–Crippen MR) is 96.7 cm³/mol. The van der Waals surface area contributed by atoms with Crippen LogP contribution in [0.1, 0.15) is 56.6 Å². The molecule has 3 atom stereocenters. The first-order valence-electron chi connectivity index (χ1n) is 8.88. The number of nitrogens with one attached hydrogen (secondary N) is 1. The first-order valence-corrected chi connectivity index (χ1v) is 8.88. The van der Waals surface area contributed by atoms with Crippen molar-refractivity contribution in [2.45, 2.75) is 57.9 Å². The number of ether oxygens (including phenoxy) is 2. The molecule has 138 valence electrons. The minimum Gasteiger partial charge on any atom is -0.497 e. The van der Waals surface area contributed by atoms with Crippen molar-refractivity contribution < 1.29 is 19.1 Å². The van der Waals surface area contributed by atoms with Gasteiger partial charge in [0.25, 0.3) is 0 Å². The molecule has 3 unspecified atom stereocenters. The molecule has 5 heteroatoms. The van der Waals surface area contributed by atoms with Gasteiger partial charge in [0, 0.05) is 0 Å². The van der Waals surface area contributed by atoms with Crippen molar-refractivity contribution in [3.05, 3.63) is 29.3 Å². The molecule has 2 rings (SSSR count). The van der Waals surface area contributed by atoms with Gasteiger partial charge >= 0.3 is 5.97 Å². The molecule has 0 bridgehead atoms. The van der Waals surface area contributed by atoms with Crippen LogP contribution in [0, 0.1) is 12.8 Å². The Morgan fingerprint density at radius 2 is 2.04 bits per heavy atom. The number of aryl methyl sites for hydroxylation is 1. The van der Waals surface area contributed by atoms with Crippen LogP contribution in [0.4, 0.5) is 0 Å². The first kappa shape index (κ1) is 19.3. The second-order valence-corrected chi connectivity index (χ2v) is 7.21. The van der Waals surface area contributed by atoms with Gasteiger partial charge in [0.1, 0.15) is 11.3 Å². The number of methoxy groups -OCH3 is 2. The minimum absolute atomic E-state index is 0.146. The summed E-state index contributed by atoms with van der Waals surface area (Å²) in [5, 5.41) is 3.02. The summed E-state index contributed by atoms with van der Waals surface area (Å²) in [6.07, 6.45) is 3.23. The highest BCUT2D eigenvalue weighted by Gasteiger charge is 2.44. The van der Waals surface area contributed by atoms with E-state index in [0.717, 1.165) is 29.7 Å². The van der Waals surface area contributed by atoms with Gasteiger partial charge in [-0.1, -0.05) is 25.8 Å². The highest BCUT2D eigenvalue weighted by molar-refractivity contribution is 5.91. The molecular weight excluding hydrogens is 318 g/mol. The molecule has 0 radical (unpaired) electrons. The third-order valence-electron chi connectivity index (χ3n) is 5.27. The highest BCUT2D eigenvalue weighted by Crippen LogP contribution is 2.34. The molecule has 1 N–H and O–H groups in total. The van der Waals surface area contributed by atoms with Crippen LogP contribution in [-0.2, 0) is 14.3 Å². The third kappa shape index (κ3) is 4.14. The summed E-state index contributed by atoms with van der Waals surface area (Å²) in [7, 11) is 3.00. The van der Waals surface area contributed by atoms with Gasteiger partial charge in [-0.3, -0.25) is 4.79 Å². The molecule has 1 amide bonds. The van der Waals surface area contributed by atoms with E-state index in [0.29, 0.717) is 18.8 Å². The zero-order chi connectivity index (χ0) is 18.6. The van der Waals surface area contributed by atoms with Crippen LogP contribution in [0.3, 0.4) is 0 Å². The molecule has 1 aromatic rings. The molecule has 0 aliphatic heterocycles. The number of carbonyl (C=O) groups is 2. The van der Waals surface area contributed by atoms with Crippen molar-refractivity contribution in [1.29, 1.82) is 0 Å². The van der Waals surface area contributed by atoms with E-state index in [2.05, 4.69) is 12.2 Å². The molecule has 1 aromatic carbocycles. The number of hydrogen-bond acceptors (Lipinski definition) is 4. The summed E-state index contributed by atoms with van der Waals surface area (Å²) >= 11 is 0. The summed E-state index contributed by atoms with van der Waals surface area (Å²) in [6.45, 7) is 5.93. The second kappa shape index (κ2) is 7.89. The van der Waals surface area contributed by atoms with Crippen molar-refractivity contribution in [2.75, 3.05) is 14.2 Å². The van der Waals surface area contributed by atoms with Gasteiger partial charge in [-0.25, -0.2) is 4.79 Å². The first-order chi connectivity index (χ1) is 11.8. The average molecular weight is 347 g/mol. The van der Waals surface area contributed by atoms with Gasteiger partial charge in [0.2, 0.25) is 5.91 Å². The number of carbonyl (C=O) groups excluding carboxylic acids is 2. The Kier molecular flexibility index (Phi) is 6.09. The average Bonchev–Trinajstić information content (AvgIpc) is 2.60. The second-order valence-electron chi connectivity index (χ2n) is 7.21. The third-order valence-corrected chi connectivity index (χ3v) is 5.27. The van der Waals surface area contributed by atoms with Crippen LogP contribution in [0.25, 0.3) is 0 Å². The van der Waals surface area contributed by atoms with Crippen LogP contribution in [0.15, 0.2) is 18.2 Å². The lowest BCUT2D eigenvalue weighted by atomic mass is 9.76. The van der Waals surface area contributed by atoms with Gasteiger partial charge in [-0.05, 0) is 55.9 Å². The quantitative estimate of drug-likeness (QED) is 0.830. The minimum atomic E-state index is -0.905. The van der Waals surface area contributed by atoms with E-state index in [1.165, 1.54) is 7.11 Å². The van der Waals surface area contributed by atoms with Gasteiger partial charge in [0.15, 0.2) is 0 Å². The lowest BCUT2D eigenvalue weighted by Gasteiger charge is -2.38. The largest absolute Gasteiger partial charge is 0.497 e. The maximum absolute atomic E-state index is 12.9. The fourth-order valence-corrected chi connectivity index (χ4v) is 3.84. The molecule has 0 saturated heterocycles. The molecule has 25 heavy (non-hydrogen) atoms. The Bertz CT molecular complexity index is 643. The molecule has 1 fully saturated rings. The Labute approximate surface area is 150 Å². The summed E-state index contributed by atoms with van der Waals surface area (Å²) in [5.74, 6) is 0.302. The molecule has 5 nitrogen and oxygen atoms in total. The van der Waals surface area contributed by atoms with E-state index in [1.54, 1.807) is 7.11 Å². The van der Waals surface area contributed by atoms with Crippen LogP contribution >= 0.6 is 0 Å². The Morgan fingerprint density at radius 3 is 2.60 bits per heavy atom. The Balaban J connectivity index is 2.21. The Morgan fingerprint density at radius 1 is 1.32 bits per heavy atom. The Hall–Kier alpha value is -2.04. The summed E-state index contributed by atoms with van der Waals surface area (Å²) in [5.41, 5.74) is 1.02. The summed E-state index contributed by atoms with van der Waals surface area (Å²) in [6, 6.07) is 5.68. The van der Waals surface area contributed by atoms with Crippen molar-refractivity contribution in [3.63, 3.8) is 0 Å². The van der Waals surface area contributed by atoms with Gasteiger partial charge in [-0.15, -0.1) is 0 Å². The van der Waals surface area contributed by atoms with E-state index in [-0.39, 0.29) is 17.8 Å². The number of esters is 1. The number of amides is 1. The van der Waals surface area contributed by atoms with Gasteiger partial charge in [-0.2, -0.15) is 0 Å². The molecule has 0 aromatic heterocycles. The monoisotopic (exact) mass is 347 g/mol. The smallest absolute Gasteiger partial charge is 0.331 e. The van der Waals surface area contributed by atoms with Crippen molar-refractivity contribution >= 4 is 11.9 Å². The molecule has 1 saturated carbocycles.